The Bertz CT molecular complexity index is 985. The van der Waals surface area contributed by atoms with Crippen molar-refractivity contribution >= 4 is 19.8 Å². The summed E-state index contributed by atoms with van der Waals surface area (Å²) in [6.07, 6.45) is 41.5. The van der Waals surface area contributed by atoms with Crippen LogP contribution in [0.1, 0.15) is 156 Å². The molecule has 0 aliphatic heterocycles. The van der Waals surface area contributed by atoms with E-state index in [0.717, 1.165) is 64.2 Å². The Morgan fingerprint density at radius 3 is 1.65 bits per heavy atom. The van der Waals surface area contributed by atoms with Gasteiger partial charge in [-0.3, -0.25) is 18.6 Å². The maximum Gasteiger partial charge on any atom is 0.472 e. The number of ether oxygens (including phenoxy) is 2. The highest BCUT2D eigenvalue weighted by Crippen LogP contribution is 2.43. The second-order valence-corrected chi connectivity index (χ2v) is 13.7. The Morgan fingerprint density at radius 1 is 0.571 bits per heavy atom. The van der Waals surface area contributed by atoms with Crippen molar-refractivity contribution in [1.29, 1.82) is 0 Å². The molecular formula is C40H69O8P. The number of carbonyl (C=O) groups excluding carboxylic acids is 2. The Labute approximate surface area is 299 Å². The summed E-state index contributed by atoms with van der Waals surface area (Å²) in [6.45, 7) is 5.24. The van der Waals surface area contributed by atoms with E-state index in [4.69, 9.17) is 18.5 Å². The smallest absolute Gasteiger partial charge is 0.462 e. The topological polar surface area (TPSA) is 108 Å². The highest BCUT2D eigenvalue weighted by atomic mass is 31.2. The first-order valence-electron chi connectivity index (χ1n) is 19.1. The van der Waals surface area contributed by atoms with Crippen LogP contribution in [-0.2, 0) is 32.7 Å². The number of allylic oxidation sites excluding steroid dienone is 10. The molecular weight excluding hydrogens is 639 g/mol. The molecule has 8 nitrogen and oxygen atoms in total. The summed E-state index contributed by atoms with van der Waals surface area (Å²) >= 11 is 0. The molecule has 0 aromatic rings. The van der Waals surface area contributed by atoms with Gasteiger partial charge in [-0.05, 0) is 71.1 Å². The Morgan fingerprint density at radius 2 is 1.08 bits per heavy atom. The maximum absolute atomic E-state index is 12.4. The lowest BCUT2D eigenvalue weighted by Crippen LogP contribution is -2.29. The van der Waals surface area contributed by atoms with E-state index in [1.807, 2.05) is 12.2 Å². The van der Waals surface area contributed by atoms with Gasteiger partial charge in [0.25, 0.3) is 0 Å². The van der Waals surface area contributed by atoms with Crippen molar-refractivity contribution in [2.45, 2.75) is 162 Å². The summed E-state index contributed by atoms with van der Waals surface area (Å²) < 4.78 is 32.4. The second kappa shape index (κ2) is 35.6. The minimum absolute atomic E-state index is 0.0158. The first-order valence-corrected chi connectivity index (χ1v) is 20.6. The largest absolute Gasteiger partial charge is 0.472 e. The number of phosphoric acid groups is 1. The summed E-state index contributed by atoms with van der Waals surface area (Å²) in [5.74, 6) is -0.907. The van der Waals surface area contributed by atoms with Gasteiger partial charge in [0, 0.05) is 12.8 Å². The number of rotatable bonds is 34. The maximum atomic E-state index is 12.4. The number of hydrogen-bond donors (Lipinski definition) is 1. The normalized spacial score (nSPS) is 14.1. The predicted molar refractivity (Wildman–Crippen MR) is 202 cm³/mol. The second-order valence-electron chi connectivity index (χ2n) is 12.2. The SMILES string of the molecule is CC/C=C\C/C=C\C/C=C\C/C=C\CCC(=O)OC(COC(=O)CCCCCCC/C=C\CCCCCCCCC)COP(=O)(O)OCC. The number of hydrogen-bond acceptors (Lipinski definition) is 7. The van der Waals surface area contributed by atoms with Crippen molar-refractivity contribution < 1.29 is 37.6 Å². The van der Waals surface area contributed by atoms with E-state index in [1.54, 1.807) is 6.92 Å². The van der Waals surface area contributed by atoms with Crippen LogP contribution < -0.4 is 0 Å². The number of carbonyl (C=O) groups is 2. The lowest BCUT2D eigenvalue weighted by Gasteiger charge is -2.19. The summed E-state index contributed by atoms with van der Waals surface area (Å²) in [7, 11) is -4.30. The Balaban J connectivity index is 4.26. The van der Waals surface area contributed by atoms with Gasteiger partial charge in [-0.15, -0.1) is 0 Å². The molecule has 0 saturated carbocycles. The molecule has 0 aliphatic carbocycles. The average Bonchev–Trinajstić information content (AvgIpc) is 3.07. The standard InChI is InChI=1S/C40H69O8P/c1-4-7-9-11-13-15-17-19-20-21-23-24-26-28-30-32-34-39(41)45-36-38(37-47-49(43,44)46-6-3)48-40(42)35-33-31-29-27-25-22-18-16-14-12-10-8-5-2/h8,10,14,16,20-22,25,29,31,38H,4-7,9,11-13,15,17-19,23-24,26-28,30,32-37H2,1-3H3,(H,43,44)/b10-8-,16-14-,21-20-,25-22-,31-29-. The molecule has 282 valence electrons. The van der Waals surface area contributed by atoms with Crippen molar-refractivity contribution in [2.24, 2.45) is 0 Å². The van der Waals surface area contributed by atoms with Crippen molar-refractivity contribution in [3.05, 3.63) is 60.8 Å². The number of phosphoric ester groups is 1. The van der Waals surface area contributed by atoms with Crippen molar-refractivity contribution in [3.8, 4) is 0 Å². The molecule has 9 heteroatoms. The molecule has 0 rings (SSSR count). The molecule has 0 saturated heterocycles. The van der Waals surface area contributed by atoms with Gasteiger partial charge in [-0.1, -0.05) is 132 Å². The molecule has 0 heterocycles. The third-order valence-corrected chi connectivity index (χ3v) is 8.63. The number of unbranched alkanes of at least 4 members (excludes halogenated alkanes) is 12. The molecule has 1 N–H and O–H groups in total. The fourth-order valence-corrected chi connectivity index (χ4v) is 5.57. The van der Waals surface area contributed by atoms with E-state index in [0.29, 0.717) is 6.42 Å². The zero-order valence-electron chi connectivity index (χ0n) is 31.1. The van der Waals surface area contributed by atoms with Gasteiger partial charge in [0.05, 0.1) is 13.2 Å². The molecule has 49 heavy (non-hydrogen) atoms. The van der Waals surface area contributed by atoms with Crippen LogP contribution in [0.4, 0.5) is 0 Å². The first kappa shape index (κ1) is 46.8. The van der Waals surface area contributed by atoms with Gasteiger partial charge in [0.1, 0.15) is 6.61 Å². The fraction of sp³-hybridized carbons (Fsp3) is 0.700. The van der Waals surface area contributed by atoms with Gasteiger partial charge < -0.3 is 14.4 Å². The Kier molecular flexibility index (Phi) is 33.9. The highest BCUT2D eigenvalue weighted by Gasteiger charge is 2.25. The monoisotopic (exact) mass is 708 g/mol. The summed E-state index contributed by atoms with van der Waals surface area (Å²) in [4.78, 5) is 34.5. The van der Waals surface area contributed by atoms with E-state index in [9.17, 15) is 19.0 Å². The van der Waals surface area contributed by atoms with Gasteiger partial charge >= 0.3 is 19.8 Å². The molecule has 0 aliphatic rings. The molecule has 0 amide bonds. The third kappa shape index (κ3) is 35.4. The molecule has 0 bridgehead atoms. The minimum atomic E-state index is -4.30. The zero-order chi connectivity index (χ0) is 36.1. The average molecular weight is 709 g/mol. The number of esters is 2. The summed E-state index contributed by atoms with van der Waals surface area (Å²) in [6, 6.07) is 0. The lowest BCUT2D eigenvalue weighted by atomic mass is 10.1. The quantitative estimate of drug-likeness (QED) is 0.0304. The fourth-order valence-electron chi connectivity index (χ4n) is 4.81. The highest BCUT2D eigenvalue weighted by molar-refractivity contribution is 7.47. The van der Waals surface area contributed by atoms with Crippen LogP contribution in [0.3, 0.4) is 0 Å². The van der Waals surface area contributed by atoms with Gasteiger partial charge in [-0.2, -0.15) is 0 Å². The predicted octanol–water partition coefficient (Wildman–Crippen LogP) is 11.6. The van der Waals surface area contributed by atoms with Crippen LogP contribution in [0.2, 0.25) is 0 Å². The van der Waals surface area contributed by atoms with Gasteiger partial charge in [0.2, 0.25) is 0 Å². The van der Waals surface area contributed by atoms with Crippen LogP contribution in [0.5, 0.6) is 0 Å². The van der Waals surface area contributed by atoms with E-state index in [2.05, 4.69) is 62.5 Å². The molecule has 2 unspecified atom stereocenters. The zero-order valence-corrected chi connectivity index (χ0v) is 32.0. The summed E-state index contributed by atoms with van der Waals surface area (Å²) in [5.41, 5.74) is 0. The molecule has 0 spiro atoms. The van der Waals surface area contributed by atoms with Crippen LogP contribution in [0.15, 0.2) is 60.8 Å². The first-order chi connectivity index (χ1) is 23.8. The summed E-state index contributed by atoms with van der Waals surface area (Å²) in [5, 5.41) is 0. The molecule has 0 radical (unpaired) electrons. The van der Waals surface area contributed by atoms with E-state index in [-0.39, 0.29) is 26.1 Å². The third-order valence-electron chi connectivity index (χ3n) is 7.57. The molecule has 0 fully saturated rings. The van der Waals surface area contributed by atoms with Crippen molar-refractivity contribution in [2.75, 3.05) is 19.8 Å². The van der Waals surface area contributed by atoms with Crippen LogP contribution >= 0.6 is 7.82 Å². The van der Waals surface area contributed by atoms with E-state index < -0.39 is 32.5 Å². The minimum Gasteiger partial charge on any atom is -0.462 e. The van der Waals surface area contributed by atoms with Crippen molar-refractivity contribution in [3.63, 3.8) is 0 Å². The lowest BCUT2D eigenvalue weighted by molar-refractivity contribution is -0.161. The van der Waals surface area contributed by atoms with E-state index >= 15 is 0 Å². The molecule has 0 aromatic heterocycles. The molecule has 2 atom stereocenters. The molecule has 0 aromatic carbocycles. The van der Waals surface area contributed by atoms with Gasteiger partial charge in [0.15, 0.2) is 6.10 Å². The van der Waals surface area contributed by atoms with Crippen LogP contribution in [0.25, 0.3) is 0 Å². The Hall–Kier alpha value is -2.25. The van der Waals surface area contributed by atoms with Crippen molar-refractivity contribution in [1.82, 2.24) is 0 Å². The van der Waals surface area contributed by atoms with Gasteiger partial charge in [-0.25, -0.2) is 4.57 Å². The van der Waals surface area contributed by atoms with Crippen LogP contribution in [-0.4, -0.2) is 42.8 Å². The van der Waals surface area contributed by atoms with E-state index in [1.165, 1.54) is 51.4 Å². The van der Waals surface area contributed by atoms with Crippen LogP contribution in [0, 0.1) is 0 Å².